The molecule has 1 saturated carbocycles. The summed E-state index contributed by atoms with van der Waals surface area (Å²) in [7, 11) is 0. The van der Waals surface area contributed by atoms with E-state index in [0.717, 1.165) is 24.3 Å². The van der Waals surface area contributed by atoms with E-state index in [4.69, 9.17) is 23.2 Å². The number of hydrazine groups is 1. The molecule has 7 nitrogen and oxygen atoms in total. The van der Waals surface area contributed by atoms with Crippen molar-refractivity contribution in [3.05, 3.63) is 28.2 Å². The number of nitrogens with zero attached hydrogens (tertiary/aromatic N) is 1. The predicted molar refractivity (Wildman–Crippen MR) is 94.3 cm³/mol. The number of nitrogens with one attached hydrogen (secondary N) is 3. The predicted octanol–water partition coefficient (Wildman–Crippen LogP) is 2.69. The Balaban J connectivity index is 1.59. The molecular formula is C16H18Cl2N4O3. The number of halogens is 2. The molecule has 1 heterocycles. The lowest BCUT2D eigenvalue weighted by atomic mass is 9.82. The van der Waals surface area contributed by atoms with E-state index >= 15 is 0 Å². The highest BCUT2D eigenvalue weighted by atomic mass is 35.5. The SMILES string of the molecule is O=C(CNc1ccc(Cl)cc1Cl)NN1C(=O)NC2(CCCCC2)C1=O. The summed E-state index contributed by atoms with van der Waals surface area (Å²) in [5.74, 6) is -0.919. The van der Waals surface area contributed by atoms with Gasteiger partial charge in [0.1, 0.15) is 5.54 Å². The lowest BCUT2D eigenvalue weighted by molar-refractivity contribution is -0.139. The summed E-state index contributed by atoms with van der Waals surface area (Å²) in [6.45, 7) is -0.147. The molecule has 2 aliphatic rings. The van der Waals surface area contributed by atoms with E-state index in [-0.39, 0.29) is 6.54 Å². The van der Waals surface area contributed by atoms with Crippen LogP contribution in [-0.4, -0.2) is 34.9 Å². The number of imide groups is 1. The first-order valence-corrected chi connectivity index (χ1v) is 8.82. The van der Waals surface area contributed by atoms with Crippen LogP contribution < -0.4 is 16.1 Å². The molecule has 4 amide bonds. The normalized spacial score (nSPS) is 19.0. The van der Waals surface area contributed by atoms with Crippen molar-refractivity contribution in [1.29, 1.82) is 0 Å². The first-order chi connectivity index (χ1) is 11.9. The van der Waals surface area contributed by atoms with Crippen molar-refractivity contribution in [2.45, 2.75) is 37.6 Å². The van der Waals surface area contributed by atoms with Gasteiger partial charge in [0.15, 0.2) is 0 Å². The second-order valence-corrected chi connectivity index (χ2v) is 7.07. The number of hydrogen-bond donors (Lipinski definition) is 3. The van der Waals surface area contributed by atoms with Crippen molar-refractivity contribution >= 4 is 46.7 Å². The molecule has 9 heteroatoms. The van der Waals surface area contributed by atoms with Crippen LogP contribution >= 0.6 is 23.2 Å². The molecule has 2 fully saturated rings. The molecule has 3 rings (SSSR count). The Kier molecular flexibility index (Phi) is 5.06. The number of anilines is 1. The fourth-order valence-corrected chi connectivity index (χ4v) is 3.66. The molecule has 1 aromatic rings. The van der Waals surface area contributed by atoms with E-state index in [1.165, 1.54) is 0 Å². The summed E-state index contributed by atoms with van der Waals surface area (Å²) in [6, 6.07) is 4.23. The minimum atomic E-state index is -0.866. The zero-order chi connectivity index (χ0) is 18.0. The second-order valence-electron chi connectivity index (χ2n) is 6.23. The third-order valence-electron chi connectivity index (χ3n) is 4.48. The maximum atomic E-state index is 12.6. The van der Waals surface area contributed by atoms with E-state index in [0.29, 0.717) is 28.6 Å². The van der Waals surface area contributed by atoms with Crippen molar-refractivity contribution in [3.63, 3.8) is 0 Å². The zero-order valence-electron chi connectivity index (χ0n) is 13.4. The average Bonchev–Trinajstić information content (AvgIpc) is 2.79. The molecule has 0 bridgehead atoms. The Labute approximate surface area is 155 Å². The summed E-state index contributed by atoms with van der Waals surface area (Å²) in [5.41, 5.74) is 2.02. The highest BCUT2D eigenvalue weighted by Gasteiger charge is 2.52. The van der Waals surface area contributed by atoms with E-state index in [1.807, 2.05) is 0 Å². The Bertz CT molecular complexity index is 719. The van der Waals surface area contributed by atoms with Crippen LogP contribution in [0.25, 0.3) is 0 Å². The number of amides is 4. The van der Waals surface area contributed by atoms with Crippen LogP contribution in [0.5, 0.6) is 0 Å². The van der Waals surface area contributed by atoms with E-state index in [1.54, 1.807) is 18.2 Å². The van der Waals surface area contributed by atoms with Crippen LogP contribution in [0.1, 0.15) is 32.1 Å². The topological polar surface area (TPSA) is 90.5 Å². The third kappa shape index (κ3) is 3.67. The molecule has 1 saturated heterocycles. The number of carbonyl (C=O) groups is 3. The summed E-state index contributed by atoms with van der Waals surface area (Å²) >= 11 is 11.8. The fraction of sp³-hybridized carbons (Fsp3) is 0.438. The molecule has 1 aliphatic carbocycles. The molecule has 0 unspecified atom stereocenters. The molecule has 0 atom stereocenters. The van der Waals surface area contributed by atoms with Crippen LogP contribution in [0.15, 0.2) is 18.2 Å². The van der Waals surface area contributed by atoms with Gasteiger partial charge in [0.25, 0.3) is 11.8 Å². The van der Waals surface area contributed by atoms with Crippen LogP contribution in [0, 0.1) is 0 Å². The maximum Gasteiger partial charge on any atom is 0.344 e. The summed E-state index contributed by atoms with van der Waals surface area (Å²) in [6.07, 6.45) is 4.00. The zero-order valence-corrected chi connectivity index (χ0v) is 14.9. The Morgan fingerprint density at radius 3 is 2.60 bits per heavy atom. The number of rotatable bonds is 4. The van der Waals surface area contributed by atoms with Crippen LogP contribution in [0.3, 0.4) is 0 Å². The average molecular weight is 385 g/mol. The summed E-state index contributed by atoms with van der Waals surface area (Å²) in [4.78, 5) is 36.7. The quantitative estimate of drug-likeness (QED) is 0.696. The first-order valence-electron chi connectivity index (χ1n) is 8.06. The minimum Gasteiger partial charge on any atom is -0.375 e. The molecule has 3 N–H and O–H groups in total. The number of carbonyl (C=O) groups excluding carboxylic acids is 3. The molecular weight excluding hydrogens is 367 g/mol. The van der Waals surface area contributed by atoms with Crippen molar-refractivity contribution < 1.29 is 14.4 Å². The van der Waals surface area contributed by atoms with Gasteiger partial charge in [-0.05, 0) is 31.0 Å². The van der Waals surface area contributed by atoms with Gasteiger partial charge in [0.05, 0.1) is 17.3 Å². The van der Waals surface area contributed by atoms with Crippen LogP contribution in [0.4, 0.5) is 10.5 Å². The molecule has 25 heavy (non-hydrogen) atoms. The lowest BCUT2D eigenvalue weighted by Gasteiger charge is -2.30. The van der Waals surface area contributed by atoms with Crippen molar-refractivity contribution in [2.75, 3.05) is 11.9 Å². The largest absolute Gasteiger partial charge is 0.375 e. The van der Waals surface area contributed by atoms with Crippen molar-refractivity contribution in [2.24, 2.45) is 0 Å². The molecule has 1 spiro atoms. The van der Waals surface area contributed by atoms with Gasteiger partial charge < -0.3 is 10.6 Å². The molecule has 0 radical (unpaired) electrons. The van der Waals surface area contributed by atoms with Gasteiger partial charge in [-0.15, -0.1) is 0 Å². The van der Waals surface area contributed by atoms with Gasteiger partial charge >= 0.3 is 6.03 Å². The van der Waals surface area contributed by atoms with Gasteiger partial charge in [-0.2, -0.15) is 5.01 Å². The van der Waals surface area contributed by atoms with Crippen LogP contribution in [0.2, 0.25) is 10.0 Å². The van der Waals surface area contributed by atoms with E-state index < -0.39 is 23.4 Å². The van der Waals surface area contributed by atoms with Gasteiger partial charge in [-0.3, -0.25) is 15.0 Å². The Morgan fingerprint density at radius 2 is 1.92 bits per heavy atom. The summed E-state index contributed by atoms with van der Waals surface area (Å²) < 4.78 is 0. The monoisotopic (exact) mass is 384 g/mol. The summed E-state index contributed by atoms with van der Waals surface area (Å²) in [5, 5.41) is 7.20. The number of benzene rings is 1. The first kappa shape index (κ1) is 17.8. The minimum absolute atomic E-state index is 0.147. The molecule has 0 aromatic heterocycles. The smallest absolute Gasteiger partial charge is 0.344 e. The lowest BCUT2D eigenvalue weighted by Crippen LogP contribution is -2.51. The molecule has 134 valence electrons. The number of hydrogen-bond acceptors (Lipinski definition) is 4. The third-order valence-corrected chi connectivity index (χ3v) is 5.02. The van der Waals surface area contributed by atoms with Crippen molar-refractivity contribution in [3.8, 4) is 0 Å². The van der Waals surface area contributed by atoms with Gasteiger partial charge in [-0.25, -0.2) is 4.79 Å². The van der Waals surface area contributed by atoms with Gasteiger partial charge in [0.2, 0.25) is 0 Å². The van der Waals surface area contributed by atoms with Crippen LogP contribution in [-0.2, 0) is 9.59 Å². The molecule has 1 aliphatic heterocycles. The highest BCUT2D eigenvalue weighted by molar-refractivity contribution is 6.36. The molecule has 1 aromatic carbocycles. The highest BCUT2D eigenvalue weighted by Crippen LogP contribution is 2.33. The standard InChI is InChI=1S/C16H18Cl2N4O3/c17-10-4-5-12(11(18)8-10)19-9-13(23)21-22-14(24)16(20-15(22)25)6-2-1-3-7-16/h4-5,8,19H,1-3,6-7,9H2,(H,20,25)(H,21,23). The van der Waals surface area contributed by atoms with Gasteiger partial charge in [0, 0.05) is 5.02 Å². The second kappa shape index (κ2) is 7.09. The maximum absolute atomic E-state index is 12.6. The van der Waals surface area contributed by atoms with E-state index in [2.05, 4.69) is 16.1 Å². The fourth-order valence-electron chi connectivity index (χ4n) is 3.19. The Morgan fingerprint density at radius 1 is 1.20 bits per heavy atom. The van der Waals surface area contributed by atoms with Crippen molar-refractivity contribution in [1.82, 2.24) is 15.8 Å². The van der Waals surface area contributed by atoms with E-state index in [9.17, 15) is 14.4 Å². The Hall–Kier alpha value is -1.99. The van der Waals surface area contributed by atoms with Gasteiger partial charge in [-0.1, -0.05) is 42.5 Å². The number of urea groups is 1.